The van der Waals surface area contributed by atoms with Crippen LogP contribution >= 0.6 is 11.6 Å². The third kappa shape index (κ3) is 3.27. The molecule has 0 N–H and O–H groups in total. The molecule has 1 heterocycles. The van der Waals surface area contributed by atoms with E-state index in [1.807, 2.05) is 31.2 Å². The van der Waals surface area contributed by atoms with Gasteiger partial charge >= 0.3 is 0 Å². The van der Waals surface area contributed by atoms with Crippen LogP contribution in [0, 0.1) is 11.3 Å². The van der Waals surface area contributed by atoms with Crippen molar-refractivity contribution in [2.24, 2.45) is 0 Å². The molecule has 1 aromatic carbocycles. The summed E-state index contributed by atoms with van der Waals surface area (Å²) in [5, 5.41) is 10.4. The summed E-state index contributed by atoms with van der Waals surface area (Å²) in [6, 6.07) is 10.3. The highest BCUT2D eigenvalue weighted by atomic mass is 35.5. The summed E-state index contributed by atoms with van der Waals surface area (Å²) in [4.78, 5) is 4.57. The maximum Gasteiger partial charge on any atom is 0.110 e. The van der Waals surface area contributed by atoms with Gasteiger partial charge in [0.25, 0.3) is 0 Å². The molecule has 1 aliphatic rings. The van der Waals surface area contributed by atoms with E-state index in [0.29, 0.717) is 6.42 Å². The van der Waals surface area contributed by atoms with Crippen molar-refractivity contribution in [1.29, 1.82) is 5.26 Å². The standard InChI is InChI=1S/C15H20ClN3/c1-15(12-17,19-9-7-18(2)8-10-19)11-13-5-3-4-6-14(13)16/h3-6H,7-11H2,1-2H3. The van der Waals surface area contributed by atoms with Crippen molar-refractivity contribution in [3.05, 3.63) is 34.9 Å². The van der Waals surface area contributed by atoms with Crippen molar-refractivity contribution in [2.45, 2.75) is 18.9 Å². The van der Waals surface area contributed by atoms with Gasteiger partial charge in [0.1, 0.15) is 5.54 Å². The zero-order valence-corrected chi connectivity index (χ0v) is 12.3. The number of rotatable bonds is 3. The monoisotopic (exact) mass is 277 g/mol. The van der Waals surface area contributed by atoms with Gasteiger partial charge in [0.2, 0.25) is 0 Å². The summed E-state index contributed by atoms with van der Waals surface area (Å²) >= 11 is 6.21. The minimum Gasteiger partial charge on any atom is -0.304 e. The maximum absolute atomic E-state index is 9.61. The highest BCUT2D eigenvalue weighted by Gasteiger charge is 2.34. The Bertz CT molecular complexity index is 475. The van der Waals surface area contributed by atoms with E-state index in [-0.39, 0.29) is 0 Å². The van der Waals surface area contributed by atoms with E-state index in [9.17, 15) is 5.26 Å². The molecule has 19 heavy (non-hydrogen) atoms. The van der Waals surface area contributed by atoms with Gasteiger partial charge in [-0.1, -0.05) is 29.8 Å². The first-order valence-corrected chi connectivity index (χ1v) is 7.01. The molecule has 3 nitrogen and oxygen atoms in total. The lowest BCUT2D eigenvalue weighted by Crippen LogP contribution is -2.55. The van der Waals surface area contributed by atoms with Crippen LogP contribution in [-0.2, 0) is 6.42 Å². The molecule has 1 fully saturated rings. The van der Waals surface area contributed by atoms with Crippen LogP contribution in [0.5, 0.6) is 0 Å². The third-order valence-corrected chi connectivity index (χ3v) is 4.30. The molecule has 0 amide bonds. The average Bonchev–Trinajstić information content (AvgIpc) is 2.42. The highest BCUT2D eigenvalue weighted by Crippen LogP contribution is 2.25. The van der Waals surface area contributed by atoms with Gasteiger partial charge in [-0.25, -0.2) is 0 Å². The number of hydrogen-bond donors (Lipinski definition) is 0. The lowest BCUT2D eigenvalue weighted by Gasteiger charge is -2.41. The van der Waals surface area contributed by atoms with Crippen molar-refractivity contribution in [3.8, 4) is 6.07 Å². The van der Waals surface area contributed by atoms with Gasteiger partial charge in [-0.3, -0.25) is 4.90 Å². The fourth-order valence-corrected chi connectivity index (χ4v) is 2.74. The first-order valence-electron chi connectivity index (χ1n) is 6.63. The Labute approximate surface area is 120 Å². The van der Waals surface area contributed by atoms with Crippen LogP contribution in [0.15, 0.2) is 24.3 Å². The second-order valence-corrected chi connectivity index (χ2v) is 5.85. The molecule has 4 heteroatoms. The lowest BCUT2D eigenvalue weighted by molar-refractivity contribution is 0.0836. The molecular formula is C15H20ClN3. The normalized spacial score (nSPS) is 20.7. The van der Waals surface area contributed by atoms with E-state index in [1.54, 1.807) is 0 Å². The number of likely N-dealkylation sites (N-methyl/N-ethyl adjacent to an activating group) is 1. The second kappa shape index (κ2) is 5.92. The predicted octanol–water partition coefficient (Wildman–Crippen LogP) is 2.41. The molecule has 1 aliphatic heterocycles. The zero-order chi connectivity index (χ0) is 13.9. The molecule has 0 aliphatic carbocycles. The van der Waals surface area contributed by atoms with Crippen molar-refractivity contribution in [1.82, 2.24) is 9.80 Å². The quantitative estimate of drug-likeness (QED) is 0.850. The van der Waals surface area contributed by atoms with Gasteiger partial charge in [-0.05, 0) is 25.6 Å². The lowest BCUT2D eigenvalue weighted by atomic mass is 9.91. The largest absolute Gasteiger partial charge is 0.304 e. The molecular weight excluding hydrogens is 258 g/mol. The Balaban J connectivity index is 2.15. The number of nitriles is 1. The van der Waals surface area contributed by atoms with Crippen LogP contribution in [0.4, 0.5) is 0 Å². The van der Waals surface area contributed by atoms with Crippen LogP contribution < -0.4 is 0 Å². The molecule has 0 aromatic heterocycles. The Hall–Kier alpha value is -1.08. The fourth-order valence-electron chi connectivity index (χ4n) is 2.53. The van der Waals surface area contributed by atoms with Gasteiger partial charge in [0, 0.05) is 37.6 Å². The van der Waals surface area contributed by atoms with Crippen molar-refractivity contribution in [2.75, 3.05) is 33.2 Å². The van der Waals surface area contributed by atoms with E-state index in [4.69, 9.17) is 11.6 Å². The number of halogens is 1. The topological polar surface area (TPSA) is 30.3 Å². The van der Waals surface area contributed by atoms with Crippen molar-refractivity contribution < 1.29 is 0 Å². The van der Waals surface area contributed by atoms with Gasteiger partial charge < -0.3 is 4.90 Å². The van der Waals surface area contributed by atoms with Gasteiger partial charge in [-0.2, -0.15) is 5.26 Å². The Kier molecular flexibility index (Phi) is 4.46. The summed E-state index contributed by atoms with van der Waals surface area (Å²) in [5.41, 5.74) is 0.568. The third-order valence-electron chi connectivity index (χ3n) is 3.93. The molecule has 1 saturated heterocycles. The molecule has 0 radical (unpaired) electrons. The molecule has 102 valence electrons. The summed E-state index contributed by atoms with van der Waals surface area (Å²) < 4.78 is 0. The summed E-state index contributed by atoms with van der Waals surface area (Å²) in [6.07, 6.45) is 0.673. The summed E-state index contributed by atoms with van der Waals surface area (Å²) in [5.74, 6) is 0. The van der Waals surface area contributed by atoms with Crippen LogP contribution in [0.1, 0.15) is 12.5 Å². The highest BCUT2D eigenvalue weighted by molar-refractivity contribution is 6.31. The smallest absolute Gasteiger partial charge is 0.110 e. The van der Waals surface area contributed by atoms with Crippen molar-refractivity contribution in [3.63, 3.8) is 0 Å². The Morgan fingerprint density at radius 1 is 1.26 bits per heavy atom. The SMILES string of the molecule is CN1CCN(C(C)(C#N)Cc2ccccc2Cl)CC1. The first kappa shape index (κ1) is 14.3. The molecule has 0 bridgehead atoms. The first-order chi connectivity index (χ1) is 9.05. The van der Waals surface area contributed by atoms with Gasteiger partial charge in [-0.15, -0.1) is 0 Å². The molecule has 1 aromatic rings. The van der Waals surface area contributed by atoms with Crippen LogP contribution in [0.2, 0.25) is 5.02 Å². The second-order valence-electron chi connectivity index (χ2n) is 5.44. The van der Waals surface area contributed by atoms with Crippen LogP contribution in [0.3, 0.4) is 0 Å². The fraction of sp³-hybridized carbons (Fsp3) is 0.533. The van der Waals surface area contributed by atoms with Crippen molar-refractivity contribution >= 4 is 11.6 Å². The Morgan fingerprint density at radius 3 is 2.47 bits per heavy atom. The maximum atomic E-state index is 9.61. The number of benzene rings is 1. The molecule has 0 spiro atoms. The minimum absolute atomic E-state index is 0.480. The zero-order valence-electron chi connectivity index (χ0n) is 11.6. The van der Waals surface area contributed by atoms with Gasteiger partial charge in [0.15, 0.2) is 0 Å². The van der Waals surface area contributed by atoms with E-state index >= 15 is 0 Å². The Morgan fingerprint density at radius 2 is 1.89 bits per heavy atom. The summed E-state index contributed by atoms with van der Waals surface area (Å²) in [6.45, 7) is 5.91. The minimum atomic E-state index is -0.480. The van der Waals surface area contributed by atoms with E-state index in [2.05, 4.69) is 22.9 Å². The molecule has 1 unspecified atom stereocenters. The van der Waals surface area contributed by atoms with E-state index in [1.165, 1.54) is 0 Å². The van der Waals surface area contributed by atoms with Crippen LogP contribution in [0.25, 0.3) is 0 Å². The predicted molar refractivity (Wildman–Crippen MR) is 78.2 cm³/mol. The van der Waals surface area contributed by atoms with Gasteiger partial charge in [0.05, 0.1) is 6.07 Å². The molecule has 2 rings (SSSR count). The molecule has 0 saturated carbocycles. The average molecular weight is 278 g/mol. The number of hydrogen-bond acceptors (Lipinski definition) is 3. The van der Waals surface area contributed by atoms with E-state index < -0.39 is 5.54 Å². The van der Waals surface area contributed by atoms with E-state index in [0.717, 1.165) is 36.8 Å². The number of nitrogens with zero attached hydrogens (tertiary/aromatic N) is 3. The number of piperazine rings is 1. The molecule has 1 atom stereocenters. The van der Waals surface area contributed by atoms with Crippen LogP contribution in [-0.4, -0.2) is 48.6 Å². The summed E-state index contributed by atoms with van der Waals surface area (Å²) in [7, 11) is 2.12.